The van der Waals surface area contributed by atoms with Gasteiger partial charge in [-0.1, -0.05) is 18.2 Å². The van der Waals surface area contributed by atoms with E-state index in [9.17, 15) is 0 Å². The summed E-state index contributed by atoms with van der Waals surface area (Å²) in [6, 6.07) is 9.87. The Balaban J connectivity index is 2.68. The van der Waals surface area contributed by atoms with E-state index in [4.69, 9.17) is 11.5 Å². The molecule has 82 valence electrons. The van der Waals surface area contributed by atoms with Gasteiger partial charge in [0.1, 0.15) is 11.6 Å². The second-order valence-electron chi connectivity index (χ2n) is 3.94. The molecule has 0 aliphatic rings. The monoisotopic (exact) mass is 213 g/mol. The fourth-order valence-corrected chi connectivity index (χ4v) is 1.94. The minimum Gasteiger partial charge on any atom is -0.384 e. The third-order valence-electron chi connectivity index (χ3n) is 2.70. The van der Waals surface area contributed by atoms with Crippen LogP contribution in [-0.4, -0.2) is 4.98 Å². The Morgan fingerprint density at radius 2 is 1.56 bits per heavy atom. The van der Waals surface area contributed by atoms with E-state index in [2.05, 4.69) is 31.0 Å². The number of nitrogens with two attached hydrogens (primary N) is 2. The average molecular weight is 213 g/mol. The fraction of sp³-hybridized carbons (Fsp3) is 0.154. The first-order chi connectivity index (χ1) is 7.59. The van der Waals surface area contributed by atoms with Gasteiger partial charge in [-0.15, -0.1) is 0 Å². The molecule has 0 saturated carbocycles. The smallest absolute Gasteiger partial charge is 0.133 e. The van der Waals surface area contributed by atoms with Crippen molar-refractivity contribution in [1.29, 1.82) is 0 Å². The van der Waals surface area contributed by atoms with E-state index in [1.807, 2.05) is 12.1 Å². The van der Waals surface area contributed by atoms with Gasteiger partial charge in [-0.25, -0.2) is 4.98 Å². The van der Waals surface area contributed by atoms with Gasteiger partial charge < -0.3 is 11.5 Å². The quantitative estimate of drug-likeness (QED) is 0.765. The van der Waals surface area contributed by atoms with Crippen molar-refractivity contribution >= 4 is 11.6 Å². The van der Waals surface area contributed by atoms with Crippen molar-refractivity contribution in [3.63, 3.8) is 0 Å². The third-order valence-corrected chi connectivity index (χ3v) is 2.70. The first kappa shape index (κ1) is 10.5. The van der Waals surface area contributed by atoms with E-state index in [1.165, 1.54) is 11.1 Å². The number of rotatable bonds is 1. The van der Waals surface area contributed by atoms with Crippen LogP contribution in [0.25, 0.3) is 11.1 Å². The molecule has 4 N–H and O–H groups in total. The van der Waals surface area contributed by atoms with Crippen LogP contribution in [0.5, 0.6) is 0 Å². The zero-order valence-electron chi connectivity index (χ0n) is 9.49. The van der Waals surface area contributed by atoms with Crippen molar-refractivity contribution in [2.24, 2.45) is 0 Å². The summed E-state index contributed by atoms with van der Waals surface area (Å²) >= 11 is 0. The van der Waals surface area contributed by atoms with Gasteiger partial charge >= 0.3 is 0 Å². The van der Waals surface area contributed by atoms with Gasteiger partial charge in [-0.05, 0) is 42.7 Å². The van der Waals surface area contributed by atoms with Crippen LogP contribution >= 0.6 is 0 Å². The molecule has 3 nitrogen and oxygen atoms in total. The number of anilines is 2. The first-order valence-corrected chi connectivity index (χ1v) is 5.18. The summed E-state index contributed by atoms with van der Waals surface area (Å²) in [5.74, 6) is 0.935. The van der Waals surface area contributed by atoms with Gasteiger partial charge in [-0.2, -0.15) is 0 Å². The Hall–Kier alpha value is -2.03. The SMILES string of the molecule is Cc1cccc(C)c1-c1ccc(N)nc1N. The molecule has 0 amide bonds. The predicted octanol–water partition coefficient (Wildman–Crippen LogP) is 2.53. The van der Waals surface area contributed by atoms with Gasteiger partial charge in [0.2, 0.25) is 0 Å². The number of nitrogen functional groups attached to an aromatic ring is 2. The molecule has 0 fully saturated rings. The lowest BCUT2D eigenvalue weighted by Crippen LogP contribution is -1.99. The maximum Gasteiger partial charge on any atom is 0.133 e. The highest BCUT2D eigenvalue weighted by atomic mass is 14.9. The topological polar surface area (TPSA) is 64.9 Å². The number of hydrogen-bond acceptors (Lipinski definition) is 3. The molecule has 16 heavy (non-hydrogen) atoms. The van der Waals surface area contributed by atoms with Crippen molar-refractivity contribution in [2.45, 2.75) is 13.8 Å². The standard InChI is InChI=1S/C13H15N3/c1-8-4-3-5-9(2)12(8)10-6-7-11(14)16-13(10)15/h3-7H,1-2H3,(H4,14,15,16). The molecule has 0 radical (unpaired) electrons. The Morgan fingerprint density at radius 3 is 2.12 bits per heavy atom. The van der Waals surface area contributed by atoms with Crippen LogP contribution in [0.4, 0.5) is 11.6 Å². The lowest BCUT2D eigenvalue weighted by Gasteiger charge is -2.11. The summed E-state index contributed by atoms with van der Waals surface area (Å²) in [6.07, 6.45) is 0. The summed E-state index contributed by atoms with van der Waals surface area (Å²) in [6.45, 7) is 4.14. The van der Waals surface area contributed by atoms with Crippen LogP contribution < -0.4 is 11.5 Å². The Bertz CT molecular complexity index is 512. The highest BCUT2D eigenvalue weighted by molar-refractivity contribution is 5.79. The Labute approximate surface area is 95.1 Å². The number of benzene rings is 1. The van der Waals surface area contributed by atoms with Gasteiger partial charge in [0.15, 0.2) is 0 Å². The zero-order chi connectivity index (χ0) is 11.7. The van der Waals surface area contributed by atoms with E-state index in [0.29, 0.717) is 11.6 Å². The minimum atomic E-state index is 0.451. The molecule has 0 spiro atoms. The van der Waals surface area contributed by atoms with Crippen molar-refractivity contribution < 1.29 is 0 Å². The molecule has 0 unspecified atom stereocenters. The number of hydrogen-bond donors (Lipinski definition) is 2. The second kappa shape index (κ2) is 3.85. The first-order valence-electron chi connectivity index (χ1n) is 5.18. The third kappa shape index (κ3) is 1.72. The molecule has 1 heterocycles. The summed E-state index contributed by atoms with van der Waals surface area (Å²) < 4.78 is 0. The number of nitrogens with zero attached hydrogens (tertiary/aromatic N) is 1. The van der Waals surface area contributed by atoms with E-state index in [-0.39, 0.29) is 0 Å². The summed E-state index contributed by atoms with van der Waals surface area (Å²) in [7, 11) is 0. The molecule has 3 heteroatoms. The van der Waals surface area contributed by atoms with Crippen molar-refractivity contribution in [1.82, 2.24) is 4.98 Å². The largest absolute Gasteiger partial charge is 0.384 e. The highest BCUT2D eigenvalue weighted by Crippen LogP contribution is 2.30. The average Bonchev–Trinajstić information content (AvgIpc) is 2.20. The van der Waals surface area contributed by atoms with E-state index >= 15 is 0 Å². The van der Waals surface area contributed by atoms with E-state index in [1.54, 1.807) is 6.07 Å². The summed E-state index contributed by atoms with van der Waals surface area (Å²) in [5, 5.41) is 0. The van der Waals surface area contributed by atoms with Crippen LogP contribution in [-0.2, 0) is 0 Å². The van der Waals surface area contributed by atoms with E-state index < -0.39 is 0 Å². The van der Waals surface area contributed by atoms with E-state index in [0.717, 1.165) is 11.1 Å². The molecule has 0 aliphatic carbocycles. The van der Waals surface area contributed by atoms with Crippen molar-refractivity contribution in [3.8, 4) is 11.1 Å². The zero-order valence-corrected chi connectivity index (χ0v) is 9.49. The maximum atomic E-state index is 5.90. The number of aromatic nitrogens is 1. The number of pyridine rings is 1. The number of aryl methyl sites for hydroxylation is 2. The normalized spacial score (nSPS) is 10.4. The lowest BCUT2D eigenvalue weighted by molar-refractivity contribution is 1.32. The summed E-state index contributed by atoms with van der Waals surface area (Å²) in [5.41, 5.74) is 16.0. The molecular formula is C13H15N3. The highest BCUT2D eigenvalue weighted by Gasteiger charge is 2.09. The van der Waals surface area contributed by atoms with Crippen molar-refractivity contribution in [3.05, 3.63) is 41.5 Å². The predicted molar refractivity (Wildman–Crippen MR) is 68.0 cm³/mol. The molecule has 0 saturated heterocycles. The summed E-state index contributed by atoms with van der Waals surface area (Å²) in [4.78, 5) is 4.09. The molecular weight excluding hydrogens is 198 g/mol. The molecule has 0 bridgehead atoms. The van der Waals surface area contributed by atoms with Crippen LogP contribution in [0, 0.1) is 13.8 Å². The fourth-order valence-electron chi connectivity index (χ4n) is 1.94. The molecule has 0 atom stereocenters. The van der Waals surface area contributed by atoms with Crippen LogP contribution in [0.2, 0.25) is 0 Å². The van der Waals surface area contributed by atoms with Crippen LogP contribution in [0.3, 0.4) is 0 Å². The molecule has 1 aromatic heterocycles. The minimum absolute atomic E-state index is 0.451. The Morgan fingerprint density at radius 1 is 0.938 bits per heavy atom. The van der Waals surface area contributed by atoms with Gasteiger partial charge in [-0.3, -0.25) is 0 Å². The molecule has 0 aliphatic heterocycles. The van der Waals surface area contributed by atoms with Crippen LogP contribution in [0.15, 0.2) is 30.3 Å². The maximum absolute atomic E-state index is 5.90. The lowest BCUT2D eigenvalue weighted by atomic mass is 9.96. The molecule has 2 aromatic rings. The second-order valence-corrected chi connectivity index (χ2v) is 3.94. The van der Waals surface area contributed by atoms with Crippen molar-refractivity contribution in [2.75, 3.05) is 11.5 Å². The van der Waals surface area contributed by atoms with Gasteiger partial charge in [0.05, 0.1) is 0 Å². The molecule has 2 rings (SSSR count). The van der Waals surface area contributed by atoms with Crippen LogP contribution in [0.1, 0.15) is 11.1 Å². The van der Waals surface area contributed by atoms with Gasteiger partial charge in [0, 0.05) is 5.56 Å². The Kier molecular flexibility index (Phi) is 2.52. The molecule has 1 aromatic carbocycles. The van der Waals surface area contributed by atoms with Gasteiger partial charge in [0.25, 0.3) is 0 Å².